The number of aryl methyl sites for hydroxylation is 1. The third-order valence-corrected chi connectivity index (χ3v) is 6.67. The number of anilines is 2. The molecule has 36 heavy (non-hydrogen) atoms. The molecule has 1 aliphatic rings. The van der Waals surface area contributed by atoms with Crippen molar-refractivity contribution >= 4 is 23.2 Å². The van der Waals surface area contributed by atoms with Crippen LogP contribution in [-0.4, -0.2) is 55.6 Å². The van der Waals surface area contributed by atoms with Crippen molar-refractivity contribution in [1.82, 2.24) is 24.3 Å². The second-order valence-electron chi connectivity index (χ2n) is 8.75. The number of halogens is 1. The molecule has 4 heterocycles. The number of aliphatic hydroxyl groups is 1. The van der Waals surface area contributed by atoms with E-state index in [0.717, 1.165) is 43.4 Å². The maximum atomic E-state index is 12.8. The Morgan fingerprint density at radius 3 is 2.28 bits per heavy atom. The zero-order valence-electron chi connectivity index (χ0n) is 19.8. The van der Waals surface area contributed by atoms with E-state index < -0.39 is 6.10 Å². The Kier molecular flexibility index (Phi) is 7.29. The molecule has 0 radical (unpaired) electrons. The van der Waals surface area contributed by atoms with Crippen LogP contribution in [0.1, 0.15) is 24.5 Å². The van der Waals surface area contributed by atoms with E-state index >= 15 is 0 Å². The zero-order valence-corrected chi connectivity index (χ0v) is 20.6. The molecule has 0 aliphatic carbocycles. The van der Waals surface area contributed by atoms with E-state index in [2.05, 4.69) is 24.9 Å². The Morgan fingerprint density at radius 2 is 1.64 bits per heavy atom. The molecule has 10 heteroatoms. The van der Waals surface area contributed by atoms with E-state index in [0.29, 0.717) is 30.1 Å². The van der Waals surface area contributed by atoms with Gasteiger partial charge in [0, 0.05) is 43.9 Å². The molecule has 4 aromatic rings. The standard InChI is InChI=1S/C26H28ClN7O2/c27-21-8-6-20(7-9-21)23(35)4-3-13-34-26(36)33(19-30-34)22-10-11-25(29-18-22)32-16-14-31(15-17-32)24-5-1-2-12-28-24/h1-2,5-12,18-19,23,35H,3-4,13-17H2. The highest BCUT2D eigenvalue weighted by atomic mass is 35.5. The molecular weight excluding hydrogens is 478 g/mol. The first kappa shape index (κ1) is 24.0. The third kappa shape index (κ3) is 5.42. The van der Waals surface area contributed by atoms with Crippen LogP contribution in [-0.2, 0) is 6.54 Å². The number of piperazine rings is 1. The van der Waals surface area contributed by atoms with Crippen molar-refractivity contribution in [2.24, 2.45) is 0 Å². The second kappa shape index (κ2) is 10.9. The summed E-state index contributed by atoms with van der Waals surface area (Å²) in [5.74, 6) is 1.88. The Hall–Kier alpha value is -3.69. The van der Waals surface area contributed by atoms with Gasteiger partial charge in [-0.1, -0.05) is 29.8 Å². The summed E-state index contributed by atoms with van der Waals surface area (Å²) in [5, 5.41) is 15.2. The van der Waals surface area contributed by atoms with Gasteiger partial charge in [-0.25, -0.2) is 24.0 Å². The summed E-state index contributed by atoms with van der Waals surface area (Å²) < 4.78 is 2.91. The number of benzene rings is 1. The molecule has 1 saturated heterocycles. The topological polar surface area (TPSA) is 92.3 Å². The molecule has 3 aromatic heterocycles. The highest BCUT2D eigenvalue weighted by molar-refractivity contribution is 6.30. The van der Waals surface area contributed by atoms with Gasteiger partial charge >= 0.3 is 5.69 Å². The van der Waals surface area contributed by atoms with Gasteiger partial charge in [0.15, 0.2) is 0 Å². The molecule has 1 atom stereocenters. The number of hydrogen-bond acceptors (Lipinski definition) is 7. The Bertz CT molecular complexity index is 1320. The molecule has 0 amide bonds. The van der Waals surface area contributed by atoms with Crippen molar-refractivity contribution in [2.45, 2.75) is 25.5 Å². The van der Waals surface area contributed by atoms with E-state index in [9.17, 15) is 9.90 Å². The molecule has 0 spiro atoms. The number of rotatable bonds is 8. The smallest absolute Gasteiger partial charge is 0.350 e. The van der Waals surface area contributed by atoms with Crippen LogP contribution >= 0.6 is 11.6 Å². The average Bonchev–Trinajstić information content (AvgIpc) is 3.29. The number of nitrogens with zero attached hydrogens (tertiary/aromatic N) is 7. The van der Waals surface area contributed by atoms with E-state index in [4.69, 9.17) is 11.6 Å². The maximum Gasteiger partial charge on any atom is 0.350 e. The van der Waals surface area contributed by atoms with Crippen molar-refractivity contribution in [3.63, 3.8) is 0 Å². The largest absolute Gasteiger partial charge is 0.388 e. The third-order valence-electron chi connectivity index (χ3n) is 6.42. The first-order valence-electron chi connectivity index (χ1n) is 12.0. The summed E-state index contributed by atoms with van der Waals surface area (Å²) in [7, 11) is 0. The van der Waals surface area contributed by atoms with Crippen LogP contribution in [0.5, 0.6) is 0 Å². The Labute approximate surface area is 214 Å². The quantitative estimate of drug-likeness (QED) is 0.392. The predicted octanol–water partition coefficient (Wildman–Crippen LogP) is 3.32. The van der Waals surface area contributed by atoms with Crippen molar-refractivity contribution in [3.05, 3.63) is 94.4 Å². The van der Waals surface area contributed by atoms with Crippen LogP contribution in [0.25, 0.3) is 5.69 Å². The lowest BCUT2D eigenvalue weighted by Crippen LogP contribution is -2.47. The van der Waals surface area contributed by atoms with Gasteiger partial charge in [0.05, 0.1) is 18.0 Å². The van der Waals surface area contributed by atoms with Crippen molar-refractivity contribution < 1.29 is 5.11 Å². The van der Waals surface area contributed by atoms with E-state index in [1.165, 1.54) is 15.6 Å². The summed E-state index contributed by atoms with van der Waals surface area (Å²) >= 11 is 5.90. The van der Waals surface area contributed by atoms with Gasteiger partial charge in [-0.3, -0.25) is 0 Å². The maximum absolute atomic E-state index is 12.8. The molecule has 0 saturated carbocycles. The number of aliphatic hydroxyl groups excluding tert-OH is 1. The summed E-state index contributed by atoms with van der Waals surface area (Å²) in [6.45, 7) is 3.87. The van der Waals surface area contributed by atoms with Crippen LogP contribution in [0.3, 0.4) is 0 Å². The summed E-state index contributed by atoms with van der Waals surface area (Å²) in [6, 6.07) is 16.9. The minimum Gasteiger partial charge on any atom is -0.388 e. The van der Waals surface area contributed by atoms with Gasteiger partial charge in [0.25, 0.3) is 0 Å². The number of pyridine rings is 2. The van der Waals surface area contributed by atoms with E-state index in [-0.39, 0.29) is 5.69 Å². The molecule has 1 fully saturated rings. The van der Waals surface area contributed by atoms with Crippen molar-refractivity contribution in [3.8, 4) is 5.69 Å². The average molecular weight is 506 g/mol. The van der Waals surface area contributed by atoms with Gasteiger partial charge in [0.2, 0.25) is 0 Å². The molecule has 0 bridgehead atoms. The number of aromatic nitrogens is 5. The first-order chi connectivity index (χ1) is 17.6. The van der Waals surface area contributed by atoms with Crippen LogP contribution in [0, 0.1) is 0 Å². The van der Waals surface area contributed by atoms with Gasteiger partial charge < -0.3 is 14.9 Å². The van der Waals surface area contributed by atoms with Crippen LogP contribution in [0.15, 0.2) is 78.1 Å². The Morgan fingerprint density at radius 1 is 0.917 bits per heavy atom. The minimum atomic E-state index is -0.609. The van der Waals surface area contributed by atoms with Crippen molar-refractivity contribution in [2.75, 3.05) is 36.0 Å². The fourth-order valence-corrected chi connectivity index (χ4v) is 4.49. The fourth-order valence-electron chi connectivity index (χ4n) is 4.37. The molecule has 9 nitrogen and oxygen atoms in total. The predicted molar refractivity (Wildman–Crippen MR) is 140 cm³/mol. The molecule has 1 aromatic carbocycles. The first-order valence-corrected chi connectivity index (χ1v) is 12.4. The molecule has 1 aliphatic heterocycles. The molecule has 1 N–H and O–H groups in total. The summed E-state index contributed by atoms with van der Waals surface area (Å²) in [6.07, 6.45) is 5.56. The molecule has 5 rings (SSSR count). The lowest BCUT2D eigenvalue weighted by Gasteiger charge is -2.36. The van der Waals surface area contributed by atoms with Gasteiger partial charge in [-0.2, -0.15) is 5.10 Å². The van der Waals surface area contributed by atoms with Crippen LogP contribution in [0.4, 0.5) is 11.6 Å². The summed E-state index contributed by atoms with van der Waals surface area (Å²) in [5.41, 5.74) is 1.25. The number of hydrogen-bond donors (Lipinski definition) is 1. The lowest BCUT2D eigenvalue weighted by molar-refractivity contribution is 0.162. The Balaban J connectivity index is 1.16. The second-order valence-corrected chi connectivity index (χ2v) is 9.19. The zero-order chi connectivity index (χ0) is 24.9. The van der Waals surface area contributed by atoms with E-state index in [1.54, 1.807) is 18.3 Å². The fraction of sp³-hybridized carbons (Fsp3) is 0.308. The monoisotopic (exact) mass is 505 g/mol. The SMILES string of the molecule is O=c1n(-c2ccc(N3CCN(c4ccccn4)CC3)nc2)cnn1CCCC(O)c1ccc(Cl)cc1. The van der Waals surface area contributed by atoms with Crippen molar-refractivity contribution in [1.29, 1.82) is 0 Å². The molecular formula is C26H28ClN7O2. The van der Waals surface area contributed by atoms with Gasteiger partial charge in [-0.15, -0.1) is 0 Å². The van der Waals surface area contributed by atoms with Crippen LogP contribution < -0.4 is 15.5 Å². The normalized spacial score (nSPS) is 14.7. The lowest BCUT2D eigenvalue weighted by atomic mass is 10.1. The minimum absolute atomic E-state index is 0.227. The summed E-state index contributed by atoms with van der Waals surface area (Å²) in [4.78, 5) is 26.4. The highest BCUT2D eigenvalue weighted by Gasteiger charge is 2.19. The van der Waals surface area contributed by atoms with E-state index in [1.807, 2.05) is 48.7 Å². The molecule has 186 valence electrons. The highest BCUT2D eigenvalue weighted by Crippen LogP contribution is 2.21. The van der Waals surface area contributed by atoms with Gasteiger partial charge in [-0.05, 0) is 54.8 Å². The van der Waals surface area contributed by atoms with Gasteiger partial charge in [0.1, 0.15) is 18.0 Å². The molecule has 1 unspecified atom stereocenters. The van der Waals surface area contributed by atoms with Crippen LogP contribution in [0.2, 0.25) is 5.02 Å².